The summed E-state index contributed by atoms with van der Waals surface area (Å²) >= 11 is 0. The second-order valence-electron chi connectivity index (χ2n) is 7.00. The van der Waals surface area contributed by atoms with Crippen LogP contribution in [0.4, 0.5) is 11.4 Å². The van der Waals surface area contributed by atoms with Gasteiger partial charge in [-0.2, -0.15) is 0 Å². The smallest absolute Gasteiger partial charge is 0.193 e. The van der Waals surface area contributed by atoms with E-state index >= 15 is 0 Å². The standard InChI is InChI=1S/C21H28N4O.HI/c1-15-10-16(2)12-18(11-15)24-21(22)23-13-17-8-9-25(14-17)19-6-4-5-7-20(19)26-3;/h4-7,10-12,17H,8-9,13-14H2,1-3H3,(H3,22,23,24);1H. The van der Waals surface area contributed by atoms with Gasteiger partial charge in [0, 0.05) is 25.3 Å². The Morgan fingerprint density at radius 3 is 2.63 bits per heavy atom. The largest absolute Gasteiger partial charge is 0.495 e. The van der Waals surface area contributed by atoms with Crippen molar-refractivity contribution in [3.63, 3.8) is 0 Å². The van der Waals surface area contributed by atoms with Crippen LogP contribution in [0.3, 0.4) is 0 Å². The Morgan fingerprint density at radius 1 is 1.22 bits per heavy atom. The van der Waals surface area contributed by atoms with Crippen molar-refractivity contribution in [3.05, 3.63) is 53.6 Å². The number of ether oxygens (including phenoxy) is 1. The molecule has 0 bridgehead atoms. The molecular weight excluding hydrogens is 451 g/mol. The number of anilines is 2. The van der Waals surface area contributed by atoms with Gasteiger partial charge < -0.3 is 20.7 Å². The molecule has 1 aliphatic heterocycles. The van der Waals surface area contributed by atoms with Gasteiger partial charge in [0.1, 0.15) is 5.75 Å². The highest BCUT2D eigenvalue weighted by Crippen LogP contribution is 2.31. The second-order valence-corrected chi connectivity index (χ2v) is 7.00. The lowest BCUT2D eigenvalue weighted by molar-refractivity contribution is 0.414. The van der Waals surface area contributed by atoms with Crippen LogP contribution in [0.5, 0.6) is 5.75 Å². The number of nitrogens with two attached hydrogens (primary N) is 1. The first kappa shape index (κ1) is 21.3. The Kier molecular flexibility index (Phi) is 7.77. The van der Waals surface area contributed by atoms with Crippen LogP contribution >= 0.6 is 24.0 Å². The van der Waals surface area contributed by atoms with Crippen molar-refractivity contribution in [2.45, 2.75) is 20.3 Å². The third-order valence-electron chi connectivity index (χ3n) is 4.73. The summed E-state index contributed by atoms with van der Waals surface area (Å²) in [6.07, 6.45) is 1.11. The van der Waals surface area contributed by atoms with Gasteiger partial charge in [-0.1, -0.05) is 18.2 Å². The number of guanidine groups is 1. The Balaban J connectivity index is 0.00000261. The molecule has 1 heterocycles. The molecule has 2 aromatic rings. The molecule has 146 valence electrons. The third-order valence-corrected chi connectivity index (χ3v) is 4.73. The van der Waals surface area contributed by atoms with Gasteiger partial charge in [0.05, 0.1) is 12.8 Å². The van der Waals surface area contributed by atoms with Crippen LogP contribution in [0.2, 0.25) is 0 Å². The molecule has 3 rings (SSSR count). The quantitative estimate of drug-likeness (QED) is 0.383. The molecule has 1 unspecified atom stereocenters. The molecule has 1 aliphatic rings. The molecule has 0 amide bonds. The molecule has 0 aromatic heterocycles. The van der Waals surface area contributed by atoms with Crippen LogP contribution in [0.1, 0.15) is 17.5 Å². The molecule has 1 fully saturated rings. The van der Waals surface area contributed by atoms with Crippen LogP contribution in [0.25, 0.3) is 0 Å². The summed E-state index contributed by atoms with van der Waals surface area (Å²) in [5.74, 6) is 1.90. The number of methoxy groups -OCH3 is 1. The number of halogens is 1. The number of benzene rings is 2. The number of hydrogen-bond donors (Lipinski definition) is 2. The van der Waals surface area contributed by atoms with E-state index in [4.69, 9.17) is 10.5 Å². The van der Waals surface area contributed by atoms with E-state index in [-0.39, 0.29) is 24.0 Å². The van der Waals surface area contributed by atoms with Crippen LogP contribution in [0.15, 0.2) is 47.5 Å². The van der Waals surface area contributed by atoms with Crippen molar-refractivity contribution < 1.29 is 4.74 Å². The number of hydrogen-bond acceptors (Lipinski definition) is 3. The van der Waals surface area contributed by atoms with Gasteiger partial charge in [0.25, 0.3) is 0 Å². The van der Waals surface area contributed by atoms with Crippen molar-refractivity contribution in [2.75, 3.05) is 37.0 Å². The molecule has 6 heteroatoms. The van der Waals surface area contributed by atoms with Gasteiger partial charge in [-0.3, -0.25) is 4.99 Å². The SMILES string of the molecule is COc1ccccc1N1CCC(CN=C(N)Nc2cc(C)cc(C)c2)C1.I. The minimum atomic E-state index is 0. The van der Waals surface area contributed by atoms with Gasteiger partial charge >= 0.3 is 0 Å². The predicted octanol–water partition coefficient (Wildman–Crippen LogP) is 4.18. The maximum atomic E-state index is 6.08. The zero-order valence-electron chi connectivity index (χ0n) is 16.2. The van der Waals surface area contributed by atoms with Crippen LogP contribution in [0, 0.1) is 19.8 Å². The fraction of sp³-hybridized carbons (Fsp3) is 0.381. The van der Waals surface area contributed by atoms with E-state index in [0.29, 0.717) is 11.9 Å². The first-order valence-corrected chi connectivity index (χ1v) is 9.08. The van der Waals surface area contributed by atoms with Crippen LogP contribution in [-0.2, 0) is 0 Å². The molecule has 2 aromatic carbocycles. The van der Waals surface area contributed by atoms with Gasteiger partial charge in [-0.15, -0.1) is 24.0 Å². The first-order chi connectivity index (χ1) is 12.5. The summed E-state index contributed by atoms with van der Waals surface area (Å²) in [7, 11) is 1.72. The Labute approximate surface area is 179 Å². The molecule has 0 spiro atoms. The maximum absolute atomic E-state index is 6.08. The monoisotopic (exact) mass is 480 g/mol. The summed E-state index contributed by atoms with van der Waals surface area (Å²) in [5.41, 5.74) is 10.7. The fourth-order valence-corrected chi connectivity index (χ4v) is 3.55. The summed E-state index contributed by atoms with van der Waals surface area (Å²) in [6, 6.07) is 14.5. The number of rotatable bonds is 5. The minimum absolute atomic E-state index is 0. The normalized spacial score (nSPS) is 16.8. The number of aliphatic imine (C=N–C) groups is 1. The predicted molar refractivity (Wildman–Crippen MR) is 125 cm³/mol. The molecule has 27 heavy (non-hydrogen) atoms. The van der Waals surface area contributed by atoms with E-state index in [1.807, 2.05) is 12.1 Å². The van der Waals surface area contributed by atoms with Crippen molar-refractivity contribution in [2.24, 2.45) is 16.6 Å². The summed E-state index contributed by atoms with van der Waals surface area (Å²) in [4.78, 5) is 6.92. The molecule has 3 N–H and O–H groups in total. The van der Waals surface area contributed by atoms with Gasteiger partial charge in [0.15, 0.2) is 5.96 Å². The third kappa shape index (κ3) is 5.76. The lowest BCUT2D eigenvalue weighted by Crippen LogP contribution is -2.25. The van der Waals surface area contributed by atoms with E-state index in [2.05, 4.69) is 59.4 Å². The topological polar surface area (TPSA) is 62.9 Å². The van der Waals surface area contributed by atoms with E-state index in [1.54, 1.807) is 7.11 Å². The molecule has 5 nitrogen and oxygen atoms in total. The molecule has 0 saturated carbocycles. The average Bonchev–Trinajstić information content (AvgIpc) is 3.08. The van der Waals surface area contributed by atoms with E-state index < -0.39 is 0 Å². The highest BCUT2D eigenvalue weighted by atomic mass is 127. The average molecular weight is 480 g/mol. The molecule has 1 atom stereocenters. The van der Waals surface area contributed by atoms with E-state index in [0.717, 1.165) is 43.2 Å². The number of aryl methyl sites for hydroxylation is 2. The van der Waals surface area contributed by atoms with Crippen molar-refractivity contribution in [1.82, 2.24) is 0 Å². The fourth-order valence-electron chi connectivity index (χ4n) is 3.55. The second kappa shape index (κ2) is 9.82. The van der Waals surface area contributed by atoms with E-state index in [1.165, 1.54) is 11.1 Å². The van der Waals surface area contributed by atoms with Gasteiger partial charge in [-0.05, 0) is 61.6 Å². The molecule has 1 saturated heterocycles. The lowest BCUT2D eigenvalue weighted by atomic mass is 10.1. The van der Waals surface area contributed by atoms with Crippen molar-refractivity contribution >= 4 is 41.3 Å². The molecule has 0 radical (unpaired) electrons. The molecule has 0 aliphatic carbocycles. The van der Waals surface area contributed by atoms with E-state index in [9.17, 15) is 0 Å². The Bertz CT molecular complexity index is 773. The van der Waals surface area contributed by atoms with Crippen LogP contribution in [-0.4, -0.2) is 32.7 Å². The van der Waals surface area contributed by atoms with Crippen molar-refractivity contribution in [3.8, 4) is 5.75 Å². The molecular formula is C21H29IN4O. The van der Waals surface area contributed by atoms with Crippen molar-refractivity contribution in [1.29, 1.82) is 0 Å². The summed E-state index contributed by atoms with van der Waals surface area (Å²) in [5, 5.41) is 3.20. The van der Waals surface area contributed by atoms with Crippen LogP contribution < -0.4 is 20.7 Å². The first-order valence-electron chi connectivity index (χ1n) is 9.08. The number of nitrogens with zero attached hydrogens (tertiary/aromatic N) is 2. The highest BCUT2D eigenvalue weighted by Gasteiger charge is 2.24. The maximum Gasteiger partial charge on any atom is 0.193 e. The lowest BCUT2D eigenvalue weighted by Gasteiger charge is -2.21. The van der Waals surface area contributed by atoms with Gasteiger partial charge in [-0.25, -0.2) is 0 Å². The Morgan fingerprint density at radius 2 is 1.93 bits per heavy atom. The zero-order valence-corrected chi connectivity index (χ0v) is 18.6. The highest BCUT2D eigenvalue weighted by molar-refractivity contribution is 14.0. The minimum Gasteiger partial charge on any atom is -0.495 e. The van der Waals surface area contributed by atoms with Gasteiger partial charge in [0.2, 0.25) is 0 Å². The number of nitrogens with one attached hydrogen (secondary N) is 1. The summed E-state index contributed by atoms with van der Waals surface area (Å²) < 4.78 is 5.48. The Hall–Kier alpha value is -1.96. The zero-order chi connectivity index (χ0) is 18.5. The summed E-state index contributed by atoms with van der Waals surface area (Å²) in [6.45, 7) is 6.88. The number of para-hydroxylation sites is 2.